The number of hydrogen-bond donors (Lipinski definition) is 0. The molecule has 0 radical (unpaired) electrons. The minimum Gasteiger partial charge on any atom is -0.451 e. The van der Waals surface area contributed by atoms with Crippen LogP contribution in [0.5, 0.6) is 0 Å². The average molecular weight is 412 g/mol. The van der Waals surface area contributed by atoms with Gasteiger partial charge in [-0.1, -0.05) is 12.1 Å². The number of aryl methyl sites for hydroxylation is 2. The lowest BCUT2D eigenvalue weighted by Crippen LogP contribution is -2.36. The summed E-state index contributed by atoms with van der Waals surface area (Å²) in [4.78, 5) is 38.0. The fourth-order valence-corrected chi connectivity index (χ4v) is 3.28. The molecule has 8 nitrogen and oxygen atoms in total. The Morgan fingerprint density at radius 3 is 2.37 bits per heavy atom. The first-order chi connectivity index (χ1) is 14.3. The Balaban J connectivity index is 1.77. The maximum Gasteiger partial charge on any atom is 0.339 e. The molecule has 0 saturated carbocycles. The van der Waals surface area contributed by atoms with Gasteiger partial charge in [-0.25, -0.2) is 4.79 Å². The molecule has 0 bridgehead atoms. The van der Waals surface area contributed by atoms with Crippen molar-refractivity contribution < 1.29 is 24.0 Å². The van der Waals surface area contributed by atoms with E-state index >= 15 is 0 Å². The number of morpholine rings is 1. The van der Waals surface area contributed by atoms with Crippen LogP contribution >= 0.6 is 0 Å². The normalized spacial score (nSPS) is 14.8. The molecule has 2 aromatic carbocycles. The summed E-state index contributed by atoms with van der Waals surface area (Å²) in [5.74, 6) is -1.11. The van der Waals surface area contributed by atoms with Crippen LogP contribution in [0.4, 0.5) is 11.4 Å². The Bertz CT molecular complexity index is 982. The molecule has 0 N–H and O–H groups in total. The molecule has 8 heteroatoms. The Kier molecular flexibility index (Phi) is 6.47. The van der Waals surface area contributed by atoms with E-state index in [2.05, 4.69) is 0 Å². The molecule has 0 aromatic heterocycles. The van der Waals surface area contributed by atoms with Gasteiger partial charge in [-0.2, -0.15) is 0 Å². The van der Waals surface area contributed by atoms with Gasteiger partial charge in [0.1, 0.15) is 5.69 Å². The molecular weight excluding hydrogens is 388 g/mol. The van der Waals surface area contributed by atoms with E-state index in [1.807, 2.05) is 24.8 Å². The molecule has 1 fully saturated rings. The number of anilines is 1. The van der Waals surface area contributed by atoms with E-state index in [0.29, 0.717) is 37.6 Å². The maximum absolute atomic E-state index is 12.6. The van der Waals surface area contributed by atoms with Crippen LogP contribution in [-0.4, -0.2) is 49.1 Å². The van der Waals surface area contributed by atoms with Crippen LogP contribution in [0.2, 0.25) is 0 Å². The fourth-order valence-electron chi connectivity index (χ4n) is 3.28. The summed E-state index contributed by atoms with van der Waals surface area (Å²) in [6, 6.07) is 9.50. The van der Waals surface area contributed by atoms with Crippen molar-refractivity contribution >= 4 is 23.1 Å². The number of carbonyl (C=O) groups is 2. The van der Waals surface area contributed by atoms with Crippen molar-refractivity contribution in [1.82, 2.24) is 0 Å². The second-order valence-corrected chi connectivity index (χ2v) is 7.27. The average Bonchev–Trinajstić information content (AvgIpc) is 2.75. The van der Waals surface area contributed by atoms with E-state index in [4.69, 9.17) is 9.47 Å². The van der Waals surface area contributed by atoms with E-state index in [0.717, 1.165) is 11.1 Å². The fraction of sp³-hybridized carbons (Fsp3) is 0.364. The predicted octanol–water partition coefficient (Wildman–Crippen LogP) is 3.48. The largest absolute Gasteiger partial charge is 0.451 e. The van der Waals surface area contributed by atoms with Crippen molar-refractivity contribution in [2.75, 3.05) is 31.2 Å². The number of ketones is 1. The zero-order valence-electron chi connectivity index (χ0n) is 17.2. The minimum absolute atomic E-state index is 0.0263. The third kappa shape index (κ3) is 4.65. The van der Waals surface area contributed by atoms with Crippen molar-refractivity contribution in [3.8, 4) is 0 Å². The van der Waals surface area contributed by atoms with E-state index in [9.17, 15) is 19.7 Å². The lowest BCUT2D eigenvalue weighted by Gasteiger charge is -2.28. The minimum atomic E-state index is -1.02. The van der Waals surface area contributed by atoms with Gasteiger partial charge < -0.3 is 14.4 Å². The smallest absolute Gasteiger partial charge is 0.339 e. The summed E-state index contributed by atoms with van der Waals surface area (Å²) >= 11 is 0. The van der Waals surface area contributed by atoms with Crippen LogP contribution in [0.25, 0.3) is 0 Å². The molecule has 1 heterocycles. The highest BCUT2D eigenvalue weighted by Gasteiger charge is 2.26. The van der Waals surface area contributed by atoms with Gasteiger partial charge in [0, 0.05) is 24.7 Å². The van der Waals surface area contributed by atoms with Gasteiger partial charge in [0.25, 0.3) is 5.69 Å². The Labute approximate surface area is 174 Å². The van der Waals surface area contributed by atoms with Crippen LogP contribution in [-0.2, 0) is 9.47 Å². The number of benzene rings is 2. The molecule has 0 unspecified atom stereocenters. The Morgan fingerprint density at radius 1 is 1.07 bits per heavy atom. The van der Waals surface area contributed by atoms with Crippen LogP contribution < -0.4 is 4.90 Å². The molecule has 3 rings (SSSR count). The number of nitrogens with zero attached hydrogens (tertiary/aromatic N) is 2. The quantitative estimate of drug-likeness (QED) is 0.310. The highest BCUT2D eigenvalue weighted by atomic mass is 16.6. The first kappa shape index (κ1) is 21.4. The zero-order chi connectivity index (χ0) is 21.8. The monoisotopic (exact) mass is 412 g/mol. The molecule has 1 aliphatic heterocycles. The molecule has 1 saturated heterocycles. The first-order valence-corrected chi connectivity index (χ1v) is 9.71. The Morgan fingerprint density at radius 2 is 1.73 bits per heavy atom. The third-order valence-corrected chi connectivity index (χ3v) is 5.20. The van der Waals surface area contributed by atoms with E-state index in [-0.39, 0.29) is 17.0 Å². The molecule has 30 heavy (non-hydrogen) atoms. The summed E-state index contributed by atoms with van der Waals surface area (Å²) in [5, 5.41) is 11.6. The summed E-state index contributed by atoms with van der Waals surface area (Å²) in [7, 11) is 0. The van der Waals surface area contributed by atoms with Crippen molar-refractivity contribution in [1.29, 1.82) is 0 Å². The summed E-state index contributed by atoms with van der Waals surface area (Å²) in [5.41, 5.74) is 2.75. The topological polar surface area (TPSA) is 99.0 Å². The van der Waals surface area contributed by atoms with Crippen LogP contribution in [0, 0.1) is 24.0 Å². The van der Waals surface area contributed by atoms with Gasteiger partial charge in [0.05, 0.1) is 23.7 Å². The van der Waals surface area contributed by atoms with Gasteiger partial charge in [-0.3, -0.25) is 14.9 Å². The van der Waals surface area contributed by atoms with E-state index < -0.39 is 17.0 Å². The number of hydrogen-bond acceptors (Lipinski definition) is 7. The number of esters is 1. The highest BCUT2D eigenvalue weighted by Crippen LogP contribution is 2.30. The summed E-state index contributed by atoms with van der Waals surface area (Å²) in [6.07, 6.45) is -1.02. The lowest BCUT2D eigenvalue weighted by atomic mass is 10.0. The van der Waals surface area contributed by atoms with Crippen LogP contribution in [0.15, 0.2) is 36.4 Å². The van der Waals surface area contributed by atoms with Crippen molar-refractivity contribution in [3.05, 3.63) is 68.8 Å². The second kappa shape index (κ2) is 9.04. The SMILES string of the molecule is Cc1ccc(C(=O)[C@@H](C)OC(=O)c2ccc(N3CCOCC3)c([N+](=O)[O-])c2)cc1C. The number of Topliss-reactive ketones (excluding diaryl/α,β-unsaturated/α-hetero) is 1. The highest BCUT2D eigenvalue weighted by molar-refractivity contribution is 6.01. The second-order valence-electron chi connectivity index (χ2n) is 7.27. The maximum atomic E-state index is 12.6. The van der Waals surface area contributed by atoms with E-state index in [1.165, 1.54) is 25.1 Å². The number of nitro groups is 1. The summed E-state index contributed by atoms with van der Waals surface area (Å²) < 4.78 is 10.6. The Hall–Kier alpha value is -3.26. The molecule has 1 atom stereocenters. The zero-order valence-corrected chi connectivity index (χ0v) is 17.2. The molecule has 0 spiro atoms. The lowest BCUT2D eigenvalue weighted by molar-refractivity contribution is -0.384. The molecule has 1 aliphatic rings. The number of ether oxygens (including phenoxy) is 2. The van der Waals surface area contributed by atoms with Crippen molar-refractivity contribution in [2.24, 2.45) is 0 Å². The van der Waals surface area contributed by atoms with Gasteiger partial charge in [0.2, 0.25) is 5.78 Å². The number of rotatable bonds is 6. The van der Waals surface area contributed by atoms with Gasteiger partial charge in [-0.05, 0) is 50.1 Å². The molecule has 0 aliphatic carbocycles. The standard InChI is InChI=1S/C22H24N2O6/c1-14-4-5-17(12-15(14)2)21(25)16(3)30-22(26)18-6-7-19(20(13-18)24(27)28)23-8-10-29-11-9-23/h4-7,12-13,16H,8-11H2,1-3H3/t16-/m1/s1. The molecule has 0 amide bonds. The van der Waals surface area contributed by atoms with E-state index in [1.54, 1.807) is 12.1 Å². The first-order valence-electron chi connectivity index (χ1n) is 9.71. The predicted molar refractivity (Wildman–Crippen MR) is 111 cm³/mol. The third-order valence-electron chi connectivity index (χ3n) is 5.20. The number of nitro benzene ring substituents is 1. The molecular formula is C22H24N2O6. The van der Waals surface area contributed by atoms with Gasteiger partial charge in [-0.15, -0.1) is 0 Å². The van der Waals surface area contributed by atoms with Gasteiger partial charge >= 0.3 is 5.97 Å². The van der Waals surface area contributed by atoms with Crippen LogP contribution in [0.3, 0.4) is 0 Å². The van der Waals surface area contributed by atoms with Crippen LogP contribution in [0.1, 0.15) is 38.8 Å². The molecule has 158 valence electrons. The van der Waals surface area contributed by atoms with Gasteiger partial charge in [0.15, 0.2) is 6.10 Å². The molecule has 2 aromatic rings. The van der Waals surface area contributed by atoms with Crippen molar-refractivity contribution in [2.45, 2.75) is 26.9 Å². The number of carbonyl (C=O) groups excluding carboxylic acids is 2. The summed E-state index contributed by atoms with van der Waals surface area (Å²) in [6.45, 7) is 7.38. The van der Waals surface area contributed by atoms with Crippen molar-refractivity contribution in [3.63, 3.8) is 0 Å².